The Morgan fingerprint density at radius 1 is 1.08 bits per heavy atom. The van der Waals surface area contributed by atoms with Gasteiger partial charge in [-0.25, -0.2) is 0 Å². The van der Waals surface area contributed by atoms with E-state index in [4.69, 9.17) is 27.6 Å². The van der Waals surface area contributed by atoms with E-state index < -0.39 is 0 Å². The third-order valence-corrected chi connectivity index (χ3v) is 4.57. The molecule has 5 nitrogen and oxygen atoms in total. The van der Waals surface area contributed by atoms with Crippen molar-refractivity contribution >= 4 is 35.1 Å². The molecule has 134 valence electrons. The number of nitrogens with one attached hydrogen (secondary N) is 1. The van der Waals surface area contributed by atoms with Crippen LogP contribution in [0.15, 0.2) is 34.7 Å². The summed E-state index contributed by atoms with van der Waals surface area (Å²) in [5.74, 6) is -0.0389. The SMILES string of the molecule is Cc1cc(C)c(CC(=O)Nc2nnc(-c3cc(Cl)ccc3Cl)o2)c(C)c1. The summed E-state index contributed by atoms with van der Waals surface area (Å²) in [6.07, 6.45) is 0.230. The number of aromatic nitrogens is 2. The maximum Gasteiger partial charge on any atom is 0.322 e. The molecule has 1 aromatic heterocycles. The van der Waals surface area contributed by atoms with E-state index in [0.717, 1.165) is 16.7 Å². The Kier molecular flexibility index (Phi) is 5.30. The molecule has 0 aliphatic carbocycles. The van der Waals surface area contributed by atoms with Crippen molar-refractivity contribution in [2.45, 2.75) is 27.2 Å². The quantitative estimate of drug-likeness (QED) is 0.669. The fourth-order valence-corrected chi connectivity index (χ4v) is 3.23. The molecule has 26 heavy (non-hydrogen) atoms. The first kappa shape index (κ1) is 18.4. The molecule has 0 saturated carbocycles. The van der Waals surface area contributed by atoms with Crippen LogP contribution in [-0.2, 0) is 11.2 Å². The van der Waals surface area contributed by atoms with Gasteiger partial charge in [-0.15, -0.1) is 5.10 Å². The number of halogens is 2. The molecule has 0 bridgehead atoms. The highest BCUT2D eigenvalue weighted by Gasteiger charge is 2.16. The molecule has 2 aromatic carbocycles. The van der Waals surface area contributed by atoms with Gasteiger partial charge in [0.05, 0.1) is 17.0 Å². The van der Waals surface area contributed by atoms with Crippen LogP contribution in [0, 0.1) is 20.8 Å². The Bertz CT molecular complexity index is 960. The van der Waals surface area contributed by atoms with Gasteiger partial charge in [0, 0.05) is 5.02 Å². The van der Waals surface area contributed by atoms with Crippen LogP contribution in [0.4, 0.5) is 6.01 Å². The van der Waals surface area contributed by atoms with Crippen LogP contribution in [0.1, 0.15) is 22.3 Å². The minimum atomic E-state index is -0.229. The molecule has 0 saturated heterocycles. The first-order valence-electron chi connectivity index (χ1n) is 7.99. The molecule has 1 N–H and O–H groups in total. The van der Waals surface area contributed by atoms with Gasteiger partial charge in [-0.2, -0.15) is 0 Å². The third kappa shape index (κ3) is 4.06. The van der Waals surface area contributed by atoms with Gasteiger partial charge in [-0.05, 0) is 55.7 Å². The van der Waals surface area contributed by atoms with Crippen molar-refractivity contribution in [1.82, 2.24) is 10.2 Å². The van der Waals surface area contributed by atoms with Crippen molar-refractivity contribution in [3.63, 3.8) is 0 Å². The number of benzene rings is 2. The second-order valence-electron chi connectivity index (χ2n) is 6.14. The average molecular weight is 390 g/mol. The molecule has 0 aliphatic rings. The maximum absolute atomic E-state index is 12.4. The molecule has 0 unspecified atom stereocenters. The highest BCUT2D eigenvalue weighted by Crippen LogP contribution is 2.30. The number of carbonyl (C=O) groups excluding carboxylic acids is 1. The molecule has 0 atom stereocenters. The molecule has 7 heteroatoms. The number of amides is 1. The Morgan fingerprint density at radius 2 is 1.77 bits per heavy atom. The lowest BCUT2D eigenvalue weighted by molar-refractivity contribution is -0.115. The summed E-state index contributed by atoms with van der Waals surface area (Å²) < 4.78 is 5.50. The lowest BCUT2D eigenvalue weighted by atomic mass is 9.97. The van der Waals surface area contributed by atoms with E-state index in [-0.39, 0.29) is 24.2 Å². The molecular weight excluding hydrogens is 373 g/mol. The topological polar surface area (TPSA) is 68.0 Å². The van der Waals surface area contributed by atoms with Crippen molar-refractivity contribution < 1.29 is 9.21 Å². The molecule has 1 amide bonds. The van der Waals surface area contributed by atoms with Gasteiger partial charge in [0.1, 0.15) is 0 Å². The van der Waals surface area contributed by atoms with Crippen LogP contribution in [0.2, 0.25) is 10.0 Å². The zero-order valence-corrected chi connectivity index (χ0v) is 16.1. The summed E-state index contributed by atoms with van der Waals surface area (Å²) in [7, 11) is 0. The molecule has 1 heterocycles. The summed E-state index contributed by atoms with van der Waals surface area (Å²) in [6.45, 7) is 6.02. The minimum Gasteiger partial charge on any atom is -0.403 e. The number of rotatable bonds is 4. The molecule has 3 rings (SSSR count). The van der Waals surface area contributed by atoms with E-state index in [1.54, 1.807) is 18.2 Å². The summed E-state index contributed by atoms with van der Waals surface area (Å²) in [5, 5.41) is 11.3. The number of nitrogens with zero attached hydrogens (tertiary/aromatic N) is 2. The maximum atomic E-state index is 12.4. The second-order valence-corrected chi connectivity index (χ2v) is 6.98. The molecule has 0 aliphatic heterocycles. The van der Waals surface area contributed by atoms with Crippen molar-refractivity contribution in [2.75, 3.05) is 5.32 Å². The number of carbonyl (C=O) groups is 1. The first-order chi connectivity index (χ1) is 12.3. The highest BCUT2D eigenvalue weighted by molar-refractivity contribution is 6.35. The summed E-state index contributed by atoms with van der Waals surface area (Å²) >= 11 is 12.1. The van der Waals surface area contributed by atoms with Gasteiger partial charge in [0.2, 0.25) is 5.91 Å². The largest absolute Gasteiger partial charge is 0.403 e. The van der Waals surface area contributed by atoms with Crippen molar-refractivity contribution in [3.8, 4) is 11.5 Å². The molecular formula is C19H17Cl2N3O2. The van der Waals surface area contributed by atoms with Gasteiger partial charge in [0.25, 0.3) is 5.89 Å². The van der Waals surface area contributed by atoms with E-state index in [1.165, 1.54) is 5.56 Å². The van der Waals surface area contributed by atoms with Crippen LogP contribution < -0.4 is 5.32 Å². The third-order valence-electron chi connectivity index (χ3n) is 4.01. The monoisotopic (exact) mass is 389 g/mol. The van der Waals surface area contributed by atoms with E-state index in [2.05, 4.69) is 27.6 Å². The molecule has 0 fully saturated rings. The van der Waals surface area contributed by atoms with Crippen molar-refractivity contribution in [3.05, 3.63) is 62.6 Å². The van der Waals surface area contributed by atoms with E-state index in [0.29, 0.717) is 15.6 Å². The number of aryl methyl sites for hydroxylation is 3. The number of anilines is 1. The smallest absolute Gasteiger partial charge is 0.322 e. The van der Waals surface area contributed by atoms with Crippen molar-refractivity contribution in [1.29, 1.82) is 0 Å². The van der Waals surface area contributed by atoms with Crippen LogP contribution in [0.3, 0.4) is 0 Å². The van der Waals surface area contributed by atoms with Gasteiger partial charge in [-0.1, -0.05) is 46.0 Å². The predicted octanol–water partition coefficient (Wildman–Crippen LogP) is 5.15. The fraction of sp³-hybridized carbons (Fsp3) is 0.211. The van der Waals surface area contributed by atoms with Gasteiger partial charge in [-0.3, -0.25) is 10.1 Å². The van der Waals surface area contributed by atoms with E-state index in [9.17, 15) is 4.79 Å². The van der Waals surface area contributed by atoms with Gasteiger partial charge >= 0.3 is 6.01 Å². The van der Waals surface area contributed by atoms with Crippen LogP contribution in [-0.4, -0.2) is 16.1 Å². The lowest BCUT2D eigenvalue weighted by Gasteiger charge is -2.10. The Morgan fingerprint density at radius 3 is 2.46 bits per heavy atom. The normalized spacial score (nSPS) is 10.8. The van der Waals surface area contributed by atoms with Crippen LogP contribution in [0.25, 0.3) is 11.5 Å². The minimum absolute atomic E-state index is 0.0171. The summed E-state index contributed by atoms with van der Waals surface area (Å²) in [6, 6.07) is 9.07. The molecule has 0 radical (unpaired) electrons. The average Bonchev–Trinajstić information content (AvgIpc) is 3.01. The second kappa shape index (κ2) is 7.48. The Balaban J connectivity index is 1.75. The fourth-order valence-electron chi connectivity index (χ4n) is 2.86. The van der Waals surface area contributed by atoms with E-state index >= 15 is 0 Å². The number of hydrogen-bond donors (Lipinski definition) is 1. The zero-order valence-electron chi connectivity index (χ0n) is 14.6. The molecule has 3 aromatic rings. The van der Waals surface area contributed by atoms with E-state index in [1.807, 2.05) is 20.8 Å². The van der Waals surface area contributed by atoms with Crippen molar-refractivity contribution in [2.24, 2.45) is 0 Å². The Labute approximate surface area is 161 Å². The first-order valence-corrected chi connectivity index (χ1v) is 8.74. The standard InChI is InChI=1S/C19H17Cl2N3O2/c1-10-6-11(2)14(12(3)7-10)9-17(25)22-19-24-23-18(26-19)15-8-13(20)4-5-16(15)21/h4-8H,9H2,1-3H3,(H,22,24,25). The summed E-state index contributed by atoms with van der Waals surface area (Å²) in [4.78, 5) is 12.4. The lowest BCUT2D eigenvalue weighted by Crippen LogP contribution is -2.16. The number of hydrogen-bond acceptors (Lipinski definition) is 4. The summed E-state index contributed by atoms with van der Waals surface area (Å²) in [5.41, 5.74) is 4.83. The van der Waals surface area contributed by atoms with Gasteiger partial charge in [0.15, 0.2) is 0 Å². The van der Waals surface area contributed by atoms with Crippen LogP contribution >= 0.6 is 23.2 Å². The zero-order chi connectivity index (χ0) is 18.8. The van der Waals surface area contributed by atoms with Crippen LogP contribution in [0.5, 0.6) is 0 Å². The molecule has 0 spiro atoms. The highest BCUT2D eigenvalue weighted by atomic mass is 35.5. The Hall–Kier alpha value is -2.37. The predicted molar refractivity (Wildman–Crippen MR) is 103 cm³/mol. The van der Waals surface area contributed by atoms with Gasteiger partial charge < -0.3 is 4.42 Å².